The van der Waals surface area contributed by atoms with Gasteiger partial charge in [-0.15, -0.1) is 0 Å². The van der Waals surface area contributed by atoms with E-state index in [-0.39, 0.29) is 19.2 Å². The number of esters is 1. The van der Waals surface area contributed by atoms with Crippen molar-refractivity contribution in [2.45, 2.75) is 46.5 Å². The number of carbonyl (C=O) groups is 1. The van der Waals surface area contributed by atoms with E-state index in [0.29, 0.717) is 18.8 Å². The fourth-order valence-corrected chi connectivity index (χ4v) is 2.66. The summed E-state index contributed by atoms with van der Waals surface area (Å²) in [6.07, 6.45) is 3.33. The van der Waals surface area contributed by atoms with Gasteiger partial charge < -0.3 is 4.74 Å². The van der Waals surface area contributed by atoms with Crippen molar-refractivity contribution in [2.24, 2.45) is 0 Å². The topological polar surface area (TPSA) is 71.1 Å². The Labute approximate surface area is 127 Å². The van der Waals surface area contributed by atoms with Crippen molar-refractivity contribution >= 4 is 13.8 Å². The molecule has 0 radical (unpaired) electrons. The van der Waals surface area contributed by atoms with Crippen LogP contribution >= 0.6 is 7.82 Å². The highest BCUT2D eigenvalue weighted by Gasteiger charge is 2.24. The summed E-state index contributed by atoms with van der Waals surface area (Å²) in [5.41, 5.74) is 0.408. The number of rotatable bonds is 13. The molecule has 0 N–H and O–H groups in total. The summed E-state index contributed by atoms with van der Waals surface area (Å²) in [6, 6.07) is 0. The van der Waals surface area contributed by atoms with Gasteiger partial charge in [0.15, 0.2) is 0 Å². The fraction of sp³-hybridized carbons (Fsp3) is 0.786. The van der Waals surface area contributed by atoms with Gasteiger partial charge in [0.1, 0.15) is 0 Å². The minimum atomic E-state index is -3.38. The first-order chi connectivity index (χ1) is 9.95. The molecule has 0 aromatic rings. The second kappa shape index (κ2) is 11.9. The number of phosphoric ester groups is 1. The molecular formula is C14H27O6P. The number of phosphoric acid groups is 1. The van der Waals surface area contributed by atoms with Gasteiger partial charge in [-0.25, -0.2) is 9.36 Å². The standard InChI is InChI=1S/C14H27O6P/c1-5-18-21(16,19-6-2)20-12-10-8-7-9-11-17-14(15)13(3)4/h3,5-12H2,1-2,4H3. The molecular weight excluding hydrogens is 295 g/mol. The number of ether oxygens (including phenoxy) is 1. The quantitative estimate of drug-likeness (QED) is 0.222. The molecule has 0 heterocycles. The van der Waals surface area contributed by atoms with Crippen LogP contribution in [0.3, 0.4) is 0 Å². The van der Waals surface area contributed by atoms with E-state index in [1.165, 1.54) is 0 Å². The Morgan fingerprint density at radius 3 is 1.95 bits per heavy atom. The molecule has 0 aromatic heterocycles. The van der Waals surface area contributed by atoms with Crippen molar-refractivity contribution in [3.8, 4) is 0 Å². The lowest BCUT2D eigenvalue weighted by Crippen LogP contribution is -2.06. The maximum Gasteiger partial charge on any atom is 0.474 e. The molecule has 0 aliphatic carbocycles. The summed E-state index contributed by atoms with van der Waals surface area (Å²) in [6.45, 7) is 9.88. The number of hydrogen-bond acceptors (Lipinski definition) is 6. The van der Waals surface area contributed by atoms with E-state index in [2.05, 4.69) is 6.58 Å². The predicted octanol–water partition coefficient (Wildman–Crippen LogP) is 3.86. The van der Waals surface area contributed by atoms with E-state index in [0.717, 1.165) is 25.7 Å². The van der Waals surface area contributed by atoms with Crippen LogP contribution in [0.25, 0.3) is 0 Å². The minimum absolute atomic E-state index is 0.283. The molecule has 0 rings (SSSR count). The lowest BCUT2D eigenvalue weighted by atomic mass is 10.2. The third kappa shape index (κ3) is 10.7. The molecule has 0 aromatic carbocycles. The average molecular weight is 322 g/mol. The molecule has 0 aliphatic heterocycles. The third-order valence-electron chi connectivity index (χ3n) is 2.44. The lowest BCUT2D eigenvalue weighted by Gasteiger charge is -2.16. The van der Waals surface area contributed by atoms with Crippen molar-refractivity contribution < 1.29 is 27.7 Å². The molecule has 124 valence electrons. The van der Waals surface area contributed by atoms with Crippen molar-refractivity contribution in [1.82, 2.24) is 0 Å². The van der Waals surface area contributed by atoms with Gasteiger partial charge in [0.05, 0.1) is 26.4 Å². The summed E-state index contributed by atoms with van der Waals surface area (Å²) in [5.74, 6) is -0.354. The van der Waals surface area contributed by atoms with Gasteiger partial charge >= 0.3 is 13.8 Å². The molecule has 0 saturated carbocycles. The van der Waals surface area contributed by atoms with Crippen molar-refractivity contribution in [1.29, 1.82) is 0 Å². The zero-order chi connectivity index (χ0) is 16.1. The molecule has 0 spiro atoms. The molecule has 0 bridgehead atoms. The van der Waals surface area contributed by atoms with E-state index in [1.807, 2.05) is 0 Å². The van der Waals surface area contributed by atoms with Gasteiger partial charge in [-0.2, -0.15) is 0 Å². The van der Waals surface area contributed by atoms with Crippen LogP contribution < -0.4 is 0 Å². The van der Waals surface area contributed by atoms with E-state index >= 15 is 0 Å². The summed E-state index contributed by atoms with van der Waals surface area (Å²) in [5, 5.41) is 0. The van der Waals surface area contributed by atoms with Crippen molar-refractivity contribution in [2.75, 3.05) is 26.4 Å². The van der Waals surface area contributed by atoms with Gasteiger partial charge in [0.25, 0.3) is 0 Å². The Bertz CT molecular complexity index is 345. The predicted molar refractivity (Wildman–Crippen MR) is 81.1 cm³/mol. The zero-order valence-electron chi connectivity index (χ0n) is 13.3. The Hall–Kier alpha value is -0.680. The molecule has 7 heteroatoms. The SMILES string of the molecule is C=C(C)C(=O)OCCCCCCOP(=O)(OCC)OCC. The Kier molecular flexibility index (Phi) is 11.5. The van der Waals surface area contributed by atoms with E-state index in [1.54, 1.807) is 20.8 Å². The Morgan fingerprint density at radius 2 is 1.48 bits per heavy atom. The van der Waals surface area contributed by atoms with Crippen LogP contribution in [0.1, 0.15) is 46.5 Å². The molecule has 0 unspecified atom stereocenters. The molecule has 0 atom stereocenters. The molecule has 0 saturated heterocycles. The van der Waals surface area contributed by atoms with E-state index in [4.69, 9.17) is 18.3 Å². The first kappa shape index (κ1) is 20.3. The lowest BCUT2D eigenvalue weighted by molar-refractivity contribution is -0.139. The van der Waals surface area contributed by atoms with Gasteiger partial charge in [-0.1, -0.05) is 13.0 Å². The molecule has 0 fully saturated rings. The van der Waals surface area contributed by atoms with Crippen molar-refractivity contribution in [3.05, 3.63) is 12.2 Å². The molecule has 0 aliphatic rings. The Morgan fingerprint density at radius 1 is 0.952 bits per heavy atom. The van der Waals surface area contributed by atoms with Gasteiger partial charge in [0.2, 0.25) is 0 Å². The molecule has 21 heavy (non-hydrogen) atoms. The van der Waals surface area contributed by atoms with Gasteiger partial charge in [-0.05, 0) is 40.0 Å². The highest BCUT2D eigenvalue weighted by atomic mass is 31.2. The number of hydrogen-bond donors (Lipinski definition) is 0. The van der Waals surface area contributed by atoms with E-state index < -0.39 is 7.82 Å². The second-order valence-corrected chi connectivity index (χ2v) is 6.12. The van der Waals surface area contributed by atoms with Crippen molar-refractivity contribution in [3.63, 3.8) is 0 Å². The summed E-state index contributed by atoms with van der Waals surface area (Å²) >= 11 is 0. The average Bonchev–Trinajstić information content (AvgIpc) is 2.41. The molecule has 6 nitrogen and oxygen atoms in total. The largest absolute Gasteiger partial charge is 0.474 e. The minimum Gasteiger partial charge on any atom is -0.462 e. The first-order valence-electron chi connectivity index (χ1n) is 7.31. The Balaban J connectivity index is 3.60. The number of carbonyl (C=O) groups excluding carboxylic acids is 1. The second-order valence-electron chi connectivity index (χ2n) is 4.45. The highest BCUT2D eigenvalue weighted by Crippen LogP contribution is 2.49. The smallest absolute Gasteiger partial charge is 0.462 e. The zero-order valence-corrected chi connectivity index (χ0v) is 14.2. The van der Waals surface area contributed by atoms with Crippen LogP contribution in [-0.4, -0.2) is 32.4 Å². The maximum atomic E-state index is 12.0. The van der Waals surface area contributed by atoms with Gasteiger partial charge in [0, 0.05) is 5.57 Å². The maximum absolute atomic E-state index is 12.0. The fourth-order valence-electron chi connectivity index (χ4n) is 1.45. The summed E-state index contributed by atoms with van der Waals surface area (Å²) in [7, 11) is -3.38. The van der Waals surface area contributed by atoms with Gasteiger partial charge in [-0.3, -0.25) is 13.6 Å². The first-order valence-corrected chi connectivity index (χ1v) is 8.77. The van der Waals surface area contributed by atoms with Crippen LogP contribution in [0.15, 0.2) is 12.2 Å². The summed E-state index contributed by atoms with van der Waals surface area (Å²) in [4.78, 5) is 11.1. The van der Waals surface area contributed by atoms with E-state index in [9.17, 15) is 9.36 Å². The van der Waals surface area contributed by atoms with Crippen LogP contribution in [0.5, 0.6) is 0 Å². The van der Waals surface area contributed by atoms with Crippen LogP contribution in [-0.2, 0) is 27.7 Å². The highest BCUT2D eigenvalue weighted by molar-refractivity contribution is 7.48. The van der Waals surface area contributed by atoms with Crippen LogP contribution in [0.2, 0.25) is 0 Å². The third-order valence-corrected chi connectivity index (χ3v) is 4.09. The van der Waals surface area contributed by atoms with Crippen LogP contribution in [0, 0.1) is 0 Å². The number of unbranched alkanes of at least 4 members (excludes halogenated alkanes) is 3. The monoisotopic (exact) mass is 322 g/mol. The summed E-state index contributed by atoms with van der Waals surface area (Å²) < 4.78 is 32.1. The normalized spacial score (nSPS) is 11.4. The molecule has 0 amide bonds. The van der Waals surface area contributed by atoms with Crippen LogP contribution in [0.4, 0.5) is 0 Å².